The predicted molar refractivity (Wildman–Crippen MR) is 72.4 cm³/mol. The Balaban J connectivity index is -0.0000000637. The number of isothiocyanates is 3. The summed E-state index contributed by atoms with van der Waals surface area (Å²) >= 11 is 11.1. The van der Waals surface area contributed by atoms with Gasteiger partial charge in [0.2, 0.25) is 0 Å². The molecular weight excluding hydrogens is 316 g/mol. The second-order valence-corrected chi connectivity index (χ2v) is 2.44. The van der Waals surface area contributed by atoms with Crippen LogP contribution in [0.4, 0.5) is 0 Å². The van der Waals surface area contributed by atoms with Crippen LogP contribution in [0.25, 0.3) is 16.2 Å². The molecule has 0 aromatic carbocycles. The minimum atomic E-state index is 0. The summed E-state index contributed by atoms with van der Waals surface area (Å²) in [4.78, 5) is 0. The van der Waals surface area contributed by atoms with Crippen molar-refractivity contribution in [3.05, 3.63) is 16.2 Å². The van der Waals surface area contributed by atoms with Crippen molar-refractivity contribution >= 4 is 52.1 Å². The molecule has 1 heterocycles. The van der Waals surface area contributed by atoms with Gasteiger partial charge in [0.1, 0.15) is 0 Å². The molecule has 0 aromatic rings. The first-order valence-corrected chi connectivity index (χ1v) is 5.03. The molecule has 3 N–H and O–H groups in total. The molecule has 1 rings (SSSR count). The first kappa shape index (κ1) is 25.0. The Labute approximate surface area is 124 Å². The maximum Gasteiger partial charge on any atom is 2.00 e. The van der Waals surface area contributed by atoms with Gasteiger partial charge >= 0.3 is 19.5 Å². The van der Waals surface area contributed by atoms with Crippen LogP contribution in [0.2, 0.25) is 0 Å². The zero-order valence-electron chi connectivity index (χ0n) is 8.68. The van der Waals surface area contributed by atoms with Crippen LogP contribution in [0.5, 0.6) is 0 Å². The fourth-order valence-electron chi connectivity index (χ4n) is 0.678. The number of piperazine rings is 1. The van der Waals surface area contributed by atoms with Crippen LogP contribution in [0.15, 0.2) is 0 Å². The Hall–Kier alpha value is -0.0566. The number of hydrogen-bond acceptors (Lipinski definition) is 4. The molecule has 0 spiro atoms. The molecule has 0 unspecified atom stereocenters. The third-order valence-electron chi connectivity index (χ3n) is 1.05. The van der Waals surface area contributed by atoms with Gasteiger partial charge in [-0.15, -0.1) is 0 Å². The number of nitrogens with zero attached hydrogens (tertiary/aromatic N) is 3. The summed E-state index contributed by atoms with van der Waals surface area (Å²) in [7, 11) is 0. The first-order chi connectivity index (χ1) is 7.24. The quantitative estimate of drug-likeness (QED) is 0.375. The van der Waals surface area contributed by atoms with Crippen LogP contribution >= 0.6 is 36.7 Å². The average Bonchev–Trinajstić information content (AvgIpc) is 2.24. The molecule has 1 saturated heterocycles. The molecule has 9 heteroatoms. The van der Waals surface area contributed by atoms with Gasteiger partial charge in [-0.3, -0.25) is 0 Å². The van der Waals surface area contributed by atoms with Crippen LogP contribution < -0.4 is 10.6 Å². The van der Waals surface area contributed by atoms with E-state index >= 15 is 0 Å². The van der Waals surface area contributed by atoms with E-state index in [9.17, 15) is 0 Å². The van der Waals surface area contributed by atoms with Crippen molar-refractivity contribution in [2.24, 2.45) is 0 Å². The summed E-state index contributed by atoms with van der Waals surface area (Å²) < 4.78 is 0. The first-order valence-electron chi connectivity index (χ1n) is 3.81. The molecule has 16 heavy (non-hydrogen) atoms. The van der Waals surface area contributed by atoms with Gasteiger partial charge < -0.3 is 26.9 Å². The van der Waals surface area contributed by atoms with E-state index in [0.29, 0.717) is 0 Å². The zero-order valence-corrected chi connectivity index (χ0v) is 14.1. The molecule has 1 aliphatic heterocycles. The summed E-state index contributed by atoms with van der Waals surface area (Å²) in [5, 5.41) is 31.0. The number of nitrogens with one attached hydrogen (secondary N) is 1. The zero-order chi connectivity index (χ0) is 12.4. The van der Waals surface area contributed by atoms with Gasteiger partial charge in [-0.05, 0) is 0 Å². The SMILES string of the molecule is C1C[NH2+]CCN1.[N-]=C=S.[N-]=C=S.[N-]=C=S.[Zn+2]. The van der Waals surface area contributed by atoms with E-state index in [1.165, 1.54) is 41.7 Å². The van der Waals surface area contributed by atoms with E-state index in [1.54, 1.807) is 0 Å². The molecule has 84 valence electrons. The second-order valence-electron chi connectivity index (χ2n) is 1.89. The Kier molecular flexibility index (Phi) is 56.7. The second kappa shape index (κ2) is 36.3. The van der Waals surface area contributed by atoms with Crippen molar-refractivity contribution < 1.29 is 24.8 Å². The van der Waals surface area contributed by atoms with Gasteiger partial charge in [-0.2, -0.15) is 15.5 Å². The number of nitrogens with two attached hydrogens (primary N) is 1. The van der Waals surface area contributed by atoms with Crippen LogP contribution in [-0.4, -0.2) is 41.7 Å². The number of rotatable bonds is 0. The Morgan fingerprint density at radius 1 is 0.875 bits per heavy atom. The summed E-state index contributed by atoms with van der Waals surface area (Å²) in [6, 6.07) is 0. The van der Waals surface area contributed by atoms with Crippen molar-refractivity contribution in [3.63, 3.8) is 0 Å². The third kappa shape index (κ3) is 66.1. The number of quaternary nitrogens is 1. The number of thiocarbonyl (C=S) groups is 3. The fraction of sp³-hybridized carbons (Fsp3) is 0.571. The summed E-state index contributed by atoms with van der Waals surface area (Å²) in [5.41, 5.74) is 0. The molecule has 0 bridgehead atoms. The van der Waals surface area contributed by atoms with Gasteiger partial charge in [0.15, 0.2) is 0 Å². The fourth-order valence-corrected chi connectivity index (χ4v) is 0.678. The monoisotopic (exact) mass is 325 g/mol. The van der Waals surface area contributed by atoms with Crippen LogP contribution in [0.3, 0.4) is 0 Å². The van der Waals surface area contributed by atoms with Gasteiger partial charge in [0, 0.05) is 13.1 Å². The van der Waals surface area contributed by atoms with Crippen LogP contribution in [-0.2, 0) is 19.5 Å². The van der Waals surface area contributed by atoms with Gasteiger partial charge in [-0.25, -0.2) is 0 Å². The third-order valence-corrected chi connectivity index (χ3v) is 1.05. The average molecular weight is 327 g/mol. The number of hydrogen-bond donors (Lipinski definition) is 2. The minimum absolute atomic E-state index is 0. The van der Waals surface area contributed by atoms with E-state index in [1.807, 2.05) is 0 Å². The molecule has 0 atom stereocenters. The summed E-state index contributed by atoms with van der Waals surface area (Å²) in [5.74, 6) is 0. The summed E-state index contributed by atoms with van der Waals surface area (Å²) in [6.07, 6.45) is 0. The van der Waals surface area contributed by atoms with E-state index < -0.39 is 0 Å². The van der Waals surface area contributed by atoms with Crippen molar-refractivity contribution in [1.82, 2.24) is 5.32 Å². The smallest absolute Gasteiger partial charge is 0.753 e. The van der Waals surface area contributed by atoms with Crippen LogP contribution in [0.1, 0.15) is 0 Å². The molecule has 0 radical (unpaired) electrons. The van der Waals surface area contributed by atoms with Crippen molar-refractivity contribution in [2.75, 3.05) is 26.2 Å². The van der Waals surface area contributed by atoms with Gasteiger partial charge in [0.05, 0.1) is 13.1 Å². The summed E-state index contributed by atoms with van der Waals surface area (Å²) in [6.45, 7) is 4.92. The van der Waals surface area contributed by atoms with Gasteiger partial charge in [-0.1, -0.05) is 36.7 Å². The van der Waals surface area contributed by atoms with Crippen LogP contribution in [0, 0.1) is 0 Å². The van der Waals surface area contributed by atoms with Crippen molar-refractivity contribution in [3.8, 4) is 0 Å². The molecular formula is C7H11N5S3Zn. The largest absolute Gasteiger partial charge is 2.00 e. The van der Waals surface area contributed by atoms with Crippen molar-refractivity contribution in [1.29, 1.82) is 0 Å². The van der Waals surface area contributed by atoms with E-state index in [4.69, 9.17) is 16.2 Å². The predicted octanol–water partition coefficient (Wildman–Crippen LogP) is 0.126. The van der Waals surface area contributed by atoms with Crippen molar-refractivity contribution in [2.45, 2.75) is 0 Å². The molecule has 0 aromatic heterocycles. The maximum atomic E-state index is 7.13. The minimum Gasteiger partial charge on any atom is -0.753 e. The van der Waals surface area contributed by atoms with E-state index in [0.717, 1.165) is 0 Å². The normalized spacial score (nSPS) is 10.5. The van der Waals surface area contributed by atoms with E-state index in [-0.39, 0.29) is 19.5 Å². The molecule has 1 aliphatic rings. The Morgan fingerprint density at radius 3 is 1.19 bits per heavy atom. The van der Waals surface area contributed by atoms with Gasteiger partial charge in [0.25, 0.3) is 0 Å². The Morgan fingerprint density at radius 2 is 1.12 bits per heavy atom. The molecule has 1 fully saturated rings. The topological polar surface area (TPSA) is 95.5 Å². The molecule has 5 nitrogen and oxygen atoms in total. The molecule has 0 saturated carbocycles. The Bertz CT molecular complexity index is 174. The molecule has 0 amide bonds. The maximum absolute atomic E-state index is 7.13. The molecule has 0 aliphatic carbocycles. The standard InChI is InChI=1S/C4H10N2.3CNS.Zn/c1-2-6-4-3-5-1;3*2-1-3;/h5-6H,1-4H2;;;;/q;3*-1;+2/p+1. The van der Waals surface area contributed by atoms with E-state index in [2.05, 4.69) is 47.3 Å².